The molecular formula is C20H27Cl2N5. The van der Waals surface area contributed by atoms with Gasteiger partial charge in [-0.15, -0.1) is 0 Å². The van der Waals surface area contributed by atoms with Crippen molar-refractivity contribution in [1.29, 1.82) is 0 Å². The summed E-state index contributed by atoms with van der Waals surface area (Å²) in [6.45, 7) is 10.7. The van der Waals surface area contributed by atoms with Crippen molar-refractivity contribution in [3.8, 4) is 11.3 Å². The minimum Gasteiger partial charge on any atom is -0.382 e. The maximum absolute atomic E-state index is 6.30. The summed E-state index contributed by atoms with van der Waals surface area (Å²) in [6.07, 6.45) is 3.84. The van der Waals surface area contributed by atoms with Crippen LogP contribution in [-0.2, 0) is 0 Å². The van der Waals surface area contributed by atoms with E-state index in [9.17, 15) is 0 Å². The van der Waals surface area contributed by atoms with Crippen LogP contribution in [-0.4, -0.2) is 34.1 Å². The van der Waals surface area contributed by atoms with Crippen molar-refractivity contribution in [3.05, 3.63) is 34.4 Å². The van der Waals surface area contributed by atoms with E-state index in [0.29, 0.717) is 27.1 Å². The maximum atomic E-state index is 6.30. The summed E-state index contributed by atoms with van der Waals surface area (Å²) in [6, 6.07) is 5.41. The summed E-state index contributed by atoms with van der Waals surface area (Å²) in [5.41, 5.74) is 7.68. The van der Waals surface area contributed by atoms with Crippen LogP contribution in [0.4, 0.5) is 11.6 Å². The summed E-state index contributed by atoms with van der Waals surface area (Å²) in [7, 11) is 0. The molecule has 0 bridgehead atoms. The van der Waals surface area contributed by atoms with Crippen molar-refractivity contribution in [1.82, 2.24) is 15.3 Å². The zero-order chi connectivity index (χ0) is 19.8. The number of nitrogen functional groups attached to an aromatic ring is 1. The van der Waals surface area contributed by atoms with Crippen molar-refractivity contribution in [2.24, 2.45) is 0 Å². The highest BCUT2D eigenvalue weighted by atomic mass is 35.5. The molecule has 0 spiro atoms. The zero-order valence-electron chi connectivity index (χ0n) is 16.3. The minimum absolute atomic E-state index is 0.0963. The Hall–Kier alpha value is -1.56. The topological polar surface area (TPSA) is 67.1 Å². The number of benzene rings is 1. The first-order valence-electron chi connectivity index (χ1n) is 9.19. The van der Waals surface area contributed by atoms with Gasteiger partial charge in [-0.1, -0.05) is 35.3 Å². The SMILES string of the molecule is CC(C)(C)NC1(C)CCN(c2cnc(-c3cccc(Cl)c3Cl)c(N)n2)CC1. The van der Waals surface area contributed by atoms with Crippen molar-refractivity contribution >= 4 is 34.8 Å². The third kappa shape index (κ3) is 4.65. The molecule has 1 fully saturated rings. The van der Waals surface area contributed by atoms with Crippen LogP contribution in [0, 0.1) is 0 Å². The lowest BCUT2D eigenvalue weighted by Crippen LogP contribution is -2.57. The normalized spacial score (nSPS) is 17.2. The first-order chi connectivity index (χ1) is 12.6. The highest BCUT2D eigenvalue weighted by Gasteiger charge is 2.33. The summed E-state index contributed by atoms with van der Waals surface area (Å²) in [5, 5.41) is 4.66. The van der Waals surface area contributed by atoms with Crippen molar-refractivity contribution < 1.29 is 0 Å². The number of nitrogens with two attached hydrogens (primary N) is 1. The predicted molar refractivity (Wildman–Crippen MR) is 115 cm³/mol. The second-order valence-electron chi connectivity index (χ2n) is 8.49. The first kappa shape index (κ1) is 20.2. The number of anilines is 2. The Balaban J connectivity index is 1.77. The minimum atomic E-state index is 0.0963. The second kappa shape index (κ2) is 7.46. The average molecular weight is 408 g/mol. The van der Waals surface area contributed by atoms with Crippen LogP contribution in [0.3, 0.4) is 0 Å². The maximum Gasteiger partial charge on any atom is 0.152 e. The van der Waals surface area contributed by atoms with Gasteiger partial charge in [0.2, 0.25) is 0 Å². The van der Waals surface area contributed by atoms with Gasteiger partial charge in [0.1, 0.15) is 11.5 Å². The fourth-order valence-electron chi connectivity index (χ4n) is 3.70. The van der Waals surface area contributed by atoms with E-state index in [0.717, 1.165) is 31.7 Å². The van der Waals surface area contributed by atoms with Crippen LogP contribution in [0.25, 0.3) is 11.3 Å². The summed E-state index contributed by atoms with van der Waals surface area (Å²) >= 11 is 12.4. The average Bonchev–Trinajstić information content (AvgIpc) is 2.56. The predicted octanol–water partition coefficient (Wildman–Crippen LogP) is 4.78. The van der Waals surface area contributed by atoms with E-state index in [1.807, 2.05) is 12.1 Å². The summed E-state index contributed by atoms with van der Waals surface area (Å²) in [5.74, 6) is 1.16. The smallest absolute Gasteiger partial charge is 0.152 e. The third-order valence-corrected chi connectivity index (χ3v) is 5.68. The number of piperidine rings is 1. The molecule has 1 aliphatic rings. The third-order valence-electron chi connectivity index (χ3n) is 4.86. The molecule has 0 saturated carbocycles. The van der Waals surface area contributed by atoms with Gasteiger partial charge < -0.3 is 16.0 Å². The molecule has 1 aromatic heterocycles. The highest BCUT2D eigenvalue weighted by Crippen LogP contribution is 2.35. The van der Waals surface area contributed by atoms with Gasteiger partial charge in [-0.3, -0.25) is 0 Å². The number of hydrogen-bond acceptors (Lipinski definition) is 5. The van der Waals surface area contributed by atoms with Crippen LogP contribution in [0.2, 0.25) is 10.0 Å². The number of aromatic nitrogens is 2. The number of halogens is 2. The molecule has 146 valence electrons. The first-order valence-corrected chi connectivity index (χ1v) is 9.95. The molecule has 0 atom stereocenters. The van der Waals surface area contributed by atoms with Gasteiger partial charge in [-0.25, -0.2) is 9.97 Å². The number of rotatable bonds is 3. The second-order valence-corrected chi connectivity index (χ2v) is 9.27. The van der Waals surface area contributed by atoms with Crippen molar-refractivity contribution in [2.45, 2.75) is 51.6 Å². The van der Waals surface area contributed by atoms with Crippen molar-refractivity contribution in [2.75, 3.05) is 23.7 Å². The lowest BCUT2D eigenvalue weighted by molar-refractivity contribution is 0.219. The fraction of sp³-hybridized carbons (Fsp3) is 0.500. The van der Waals surface area contributed by atoms with Gasteiger partial charge >= 0.3 is 0 Å². The molecule has 0 unspecified atom stereocenters. The number of hydrogen-bond donors (Lipinski definition) is 2. The van der Waals surface area contributed by atoms with Crippen molar-refractivity contribution in [3.63, 3.8) is 0 Å². The number of nitrogens with one attached hydrogen (secondary N) is 1. The van der Waals surface area contributed by atoms with E-state index >= 15 is 0 Å². The molecule has 1 saturated heterocycles. The van der Waals surface area contributed by atoms with E-state index < -0.39 is 0 Å². The van der Waals surface area contributed by atoms with Crippen LogP contribution in [0.5, 0.6) is 0 Å². The van der Waals surface area contributed by atoms with E-state index in [4.69, 9.17) is 28.9 Å². The van der Waals surface area contributed by atoms with Gasteiger partial charge in [0.15, 0.2) is 5.82 Å². The van der Waals surface area contributed by atoms with E-state index in [2.05, 4.69) is 47.9 Å². The number of nitrogens with zero attached hydrogens (tertiary/aromatic N) is 3. The van der Waals surface area contributed by atoms with Gasteiger partial charge in [0.05, 0.1) is 16.2 Å². The van der Waals surface area contributed by atoms with Gasteiger partial charge in [-0.2, -0.15) is 0 Å². The molecule has 0 aliphatic carbocycles. The van der Waals surface area contributed by atoms with Crippen LogP contribution < -0.4 is 16.0 Å². The fourth-order valence-corrected chi connectivity index (χ4v) is 4.09. The molecule has 2 heterocycles. The lowest BCUT2D eigenvalue weighted by Gasteiger charge is -2.44. The van der Waals surface area contributed by atoms with E-state index in [-0.39, 0.29) is 11.1 Å². The van der Waals surface area contributed by atoms with E-state index in [1.54, 1.807) is 12.3 Å². The summed E-state index contributed by atoms with van der Waals surface area (Å²) in [4.78, 5) is 11.4. The Morgan fingerprint density at radius 3 is 2.44 bits per heavy atom. The molecule has 1 aromatic carbocycles. The molecule has 0 radical (unpaired) electrons. The van der Waals surface area contributed by atoms with Crippen LogP contribution in [0.1, 0.15) is 40.5 Å². The molecule has 1 aliphatic heterocycles. The zero-order valence-corrected chi connectivity index (χ0v) is 17.8. The molecular weight excluding hydrogens is 381 g/mol. The molecule has 0 amide bonds. The molecule has 2 aromatic rings. The lowest BCUT2D eigenvalue weighted by atomic mass is 9.87. The van der Waals surface area contributed by atoms with Gasteiger partial charge in [0, 0.05) is 29.7 Å². The Kier molecular flexibility index (Phi) is 5.57. The summed E-state index contributed by atoms with van der Waals surface area (Å²) < 4.78 is 0. The Bertz CT molecular complexity index is 824. The molecule has 27 heavy (non-hydrogen) atoms. The van der Waals surface area contributed by atoms with Crippen LogP contribution in [0.15, 0.2) is 24.4 Å². The largest absolute Gasteiger partial charge is 0.382 e. The quantitative estimate of drug-likeness (QED) is 0.765. The Morgan fingerprint density at radius 1 is 1.19 bits per heavy atom. The van der Waals surface area contributed by atoms with Gasteiger partial charge in [0.25, 0.3) is 0 Å². The van der Waals surface area contributed by atoms with Crippen LogP contribution >= 0.6 is 23.2 Å². The highest BCUT2D eigenvalue weighted by molar-refractivity contribution is 6.43. The molecule has 5 nitrogen and oxygen atoms in total. The standard InChI is InChI=1S/C20H27Cl2N5/c1-19(2,3)26-20(4)8-10-27(11-9-20)15-12-24-17(18(23)25-15)13-6-5-7-14(21)16(13)22/h5-7,12,26H,8-11H2,1-4H3,(H2,23,25). The Morgan fingerprint density at radius 2 is 1.85 bits per heavy atom. The molecule has 7 heteroatoms. The monoisotopic (exact) mass is 407 g/mol. The Labute approximate surface area is 171 Å². The molecule has 3 rings (SSSR count). The van der Waals surface area contributed by atoms with Gasteiger partial charge in [-0.05, 0) is 46.6 Å². The van der Waals surface area contributed by atoms with E-state index in [1.165, 1.54) is 0 Å². The molecule has 3 N–H and O–H groups in total.